The summed E-state index contributed by atoms with van der Waals surface area (Å²) in [5.41, 5.74) is 5.52. The first-order chi connectivity index (χ1) is 8.17. The number of nitrogens with one attached hydrogen (secondary N) is 1. The van der Waals surface area contributed by atoms with Crippen molar-refractivity contribution in [1.82, 2.24) is 14.9 Å². The number of amides is 1. The molecule has 0 fully saturated rings. The third kappa shape index (κ3) is 4.26. The number of aromatic nitrogens is 2. The molecule has 0 aliphatic heterocycles. The number of carbonyl (C=O) groups excluding carboxylic acids is 1. The molecule has 0 saturated heterocycles. The minimum absolute atomic E-state index is 0.143. The van der Waals surface area contributed by atoms with Gasteiger partial charge in [-0.15, -0.1) is 0 Å². The molecule has 1 amide bonds. The zero-order chi connectivity index (χ0) is 12.7. The normalized spacial score (nSPS) is 10.0. The highest BCUT2D eigenvalue weighted by atomic mass is 16.2. The Morgan fingerprint density at radius 3 is 2.71 bits per heavy atom. The van der Waals surface area contributed by atoms with E-state index in [9.17, 15) is 4.79 Å². The summed E-state index contributed by atoms with van der Waals surface area (Å²) in [5.74, 6) is 1.20. The van der Waals surface area contributed by atoms with Crippen LogP contribution in [0.15, 0.2) is 12.4 Å². The molecule has 17 heavy (non-hydrogen) atoms. The maximum atomic E-state index is 11.7. The van der Waals surface area contributed by atoms with Crippen molar-refractivity contribution in [3.8, 4) is 0 Å². The molecule has 6 nitrogen and oxygen atoms in total. The zero-order valence-corrected chi connectivity index (χ0v) is 10.3. The van der Waals surface area contributed by atoms with Crippen LogP contribution in [-0.4, -0.2) is 40.4 Å². The molecule has 0 aromatic carbocycles. The van der Waals surface area contributed by atoms with Gasteiger partial charge >= 0.3 is 0 Å². The Labute approximate surface area is 101 Å². The van der Waals surface area contributed by atoms with Crippen molar-refractivity contribution in [3.05, 3.63) is 12.4 Å². The second-order valence-corrected chi connectivity index (χ2v) is 3.57. The van der Waals surface area contributed by atoms with Crippen molar-refractivity contribution in [1.29, 1.82) is 0 Å². The molecule has 1 rings (SSSR count). The molecule has 0 aliphatic rings. The van der Waals surface area contributed by atoms with Gasteiger partial charge in [-0.1, -0.05) is 0 Å². The maximum Gasteiger partial charge on any atom is 0.224 e. The predicted molar refractivity (Wildman–Crippen MR) is 67.5 cm³/mol. The Bertz CT molecular complexity index is 365. The van der Waals surface area contributed by atoms with Gasteiger partial charge in [-0.3, -0.25) is 4.79 Å². The van der Waals surface area contributed by atoms with E-state index in [4.69, 9.17) is 5.73 Å². The van der Waals surface area contributed by atoms with Crippen molar-refractivity contribution in [3.63, 3.8) is 0 Å². The number of nitrogens with zero attached hydrogens (tertiary/aromatic N) is 3. The average Bonchev–Trinajstić information content (AvgIpc) is 2.30. The highest BCUT2D eigenvalue weighted by molar-refractivity contribution is 5.76. The van der Waals surface area contributed by atoms with Crippen LogP contribution in [0.5, 0.6) is 0 Å². The lowest BCUT2D eigenvalue weighted by Gasteiger charge is -2.18. The van der Waals surface area contributed by atoms with Crippen LogP contribution in [0.4, 0.5) is 11.6 Å². The number of anilines is 2. The smallest absolute Gasteiger partial charge is 0.224 e. The summed E-state index contributed by atoms with van der Waals surface area (Å²) in [5, 5.41) is 3.04. The van der Waals surface area contributed by atoms with Crippen LogP contribution in [0.25, 0.3) is 0 Å². The number of hydrogen-bond donors (Lipinski definition) is 2. The van der Waals surface area contributed by atoms with Gasteiger partial charge in [0.15, 0.2) is 0 Å². The molecule has 3 N–H and O–H groups in total. The summed E-state index contributed by atoms with van der Waals surface area (Å²) in [4.78, 5) is 21.3. The second-order valence-electron chi connectivity index (χ2n) is 3.57. The number of carbonyl (C=O) groups is 1. The van der Waals surface area contributed by atoms with Gasteiger partial charge in [-0.05, 0) is 13.8 Å². The molecule has 0 atom stereocenters. The Hall–Kier alpha value is -1.85. The van der Waals surface area contributed by atoms with Crippen molar-refractivity contribution >= 4 is 17.5 Å². The van der Waals surface area contributed by atoms with Crippen LogP contribution in [0.2, 0.25) is 0 Å². The monoisotopic (exact) mass is 237 g/mol. The number of rotatable bonds is 6. The first-order valence-electron chi connectivity index (χ1n) is 5.76. The molecule has 0 saturated carbocycles. The molecular formula is C11H19N5O. The lowest BCUT2D eigenvalue weighted by Crippen LogP contribution is -2.31. The fraction of sp³-hybridized carbons (Fsp3) is 0.545. The van der Waals surface area contributed by atoms with Gasteiger partial charge in [0.05, 0.1) is 0 Å². The van der Waals surface area contributed by atoms with E-state index in [0.717, 1.165) is 13.1 Å². The van der Waals surface area contributed by atoms with Crippen molar-refractivity contribution in [2.45, 2.75) is 20.3 Å². The summed E-state index contributed by atoms with van der Waals surface area (Å²) < 4.78 is 0. The zero-order valence-electron chi connectivity index (χ0n) is 10.3. The molecule has 0 bridgehead atoms. The molecule has 1 heterocycles. The molecule has 0 spiro atoms. The number of nitrogen functional groups attached to an aromatic ring is 1. The van der Waals surface area contributed by atoms with E-state index in [0.29, 0.717) is 24.6 Å². The molecule has 1 aromatic rings. The SMILES string of the molecule is CCN(CC)C(=O)CCNc1cc(N)ncn1. The first-order valence-corrected chi connectivity index (χ1v) is 5.76. The van der Waals surface area contributed by atoms with Crippen LogP contribution in [0.3, 0.4) is 0 Å². The number of nitrogens with two attached hydrogens (primary N) is 1. The molecule has 0 unspecified atom stereocenters. The predicted octanol–water partition coefficient (Wildman–Crippen LogP) is 0.729. The average molecular weight is 237 g/mol. The quantitative estimate of drug-likeness (QED) is 0.762. The van der Waals surface area contributed by atoms with Gasteiger partial charge in [-0.25, -0.2) is 9.97 Å². The summed E-state index contributed by atoms with van der Waals surface area (Å²) in [6.45, 7) is 5.98. The van der Waals surface area contributed by atoms with Crippen LogP contribution in [0.1, 0.15) is 20.3 Å². The minimum atomic E-state index is 0.143. The van der Waals surface area contributed by atoms with Crippen LogP contribution < -0.4 is 11.1 Å². The van der Waals surface area contributed by atoms with Crippen molar-refractivity contribution in [2.75, 3.05) is 30.7 Å². The van der Waals surface area contributed by atoms with Crippen molar-refractivity contribution in [2.24, 2.45) is 0 Å². The van der Waals surface area contributed by atoms with Crippen LogP contribution in [0, 0.1) is 0 Å². The van der Waals surface area contributed by atoms with Gasteiger partial charge in [0.1, 0.15) is 18.0 Å². The fourth-order valence-corrected chi connectivity index (χ4v) is 1.50. The lowest BCUT2D eigenvalue weighted by atomic mass is 10.3. The standard InChI is InChI=1S/C11H19N5O/c1-3-16(4-2)11(17)5-6-13-10-7-9(12)14-8-15-10/h7-8H,3-6H2,1-2H3,(H3,12,13,14,15). The van der Waals surface area contributed by atoms with Gasteiger partial charge in [-0.2, -0.15) is 0 Å². The molecule has 6 heteroatoms. The molecular weight excluding hydrogens is 218 g/mol. The largest absolute Gasteiger partial charge is 0.384 e. The first kappa shape index (κ1) is 13.2. The highest BCUT2D eigenvalue weighted by Gasteiger charge is 2.08. The third-order valence-corrected chi connectivity index (χ3v) is 2.45. The summed E-state index contributed by atoms with van der Waals surface area (Å²) in [6.07, 6.45) is 1.84. The van der Waals surface area contributed by atoms with Gasteiger partial charge < -0.3 is 16.0 Å². The minimum Gasteiger partial charge on any atom is -0.384 e. The second kappa shape index (κ2) is 6.67. The Morgan fingerprint density at radius 1 is 1.41 bits per heavy atom. The van der Waals surface area contributed by atoms with Crippen molar-refractivity contribution < 1.29 is 4.79 Å². The van der Waals surface area contributed by atoms with E-state index in [1.54, 1.807) is 11.0 Å². The Morgan fingerprint density at radius 2 is 2.12 bits per heavy atom. The molecule has 94 valence electrons. The van der Waals surface area contributed by atoms with E-state index in [1.165, 1.54) is 6.33 Å². The molecule has 1 aromatic heterocycles. The maximum absolute atomic E-state index is 11.7. The molecule has 0 radical (unpaired) electrons. The van der Waals surface area contributed by atoms with E-state index in [-0.39, 0.29) is 5.91 Å². The topological polar surface area (TPSA) is 84.1 Å². The number of hydrogen-bond acceptors (Lipinski definition) is 5. The highest BCUT2D eigenvalue weighted by Crippen LogP contribution is 2.04. The summed E-state index contributed by atoms with van der Waals surface area (Å²) in [7, 11) is 0. The fourth-order valence-electron chi connectivity index (χ4n) is 1.50. The van der Waals surface area contributed by atoms with Gasteiger partial charge in [0, 0.05) is 32.1 Å². The van der Waals surface area contributed by atoms with E-state index in [1.807, 2.05) is 13.8 Å². The van der Waals surface area contributed by atoms with Crippen LogP contribution >= 0.6 is 0 Å². The Kier molecular flexibility index (Phi) is 5.19. The summed E-state index contributed by atoms with van der Waals surface area (Å²) >= 11 is 0. The van der Waals surface area contributed by atoms with Crippen LogP contribution in [-0.2, 0) is 4.79 Å². The summed E-state index contributed by atoms with van der Waals surface area (Å²) in [6, 6.07) is 1.64. The van der Waals surface area contributed by atoms with E-state index >= 15 is 0 Å². The van der Waals surface area contributed by atoms with Gasteiger partial charge in [0.25, 0.3) is 0 Å². The van der Waals surface area contributed by atoms with Gasteiger partial charge in [0.2, 0.25) is 5.91 Å². The van der Waals surface area contributed by atoms with E-state index < -0.39 is 0 Å². The molecule has 0 aliphatic carbocycles. The third-order valence-electron chi connectivity index (χ3n) is 2.45. The van der Waals surface area contributed by atoms with E-state index in [2.05, 4.69) is 15.3 Å². The Balaban J connectivity index is 2.35. The lowest BCUT2D eigenvalue weighted by molar-refractivity contribution is -0.130.